The monoisotopic (exact) mass is 468 g/mol. The topological polar surface area (TPSA) is 55.9 Å². The van der Waals surface area contributed by atoms with Crippen LogP contribution in [0.25, 0.3) is 0 Å². The molecule has 34 heavy (non-hydrogen) atoms. The summed E-state index contributed by atoms with van der Waals surface area (Å²) in [6.07, 6.45) is 12.8. The quantitative estimate of drug-likeness (QED) is 0.343. The van der Waals surface area contributed by atoms with Crippen molar-refractivity contribution in [3.05, 3.63) is 12.2 Å². The summed E-state index contributed by atoms with van der Waals surface area (Å²) in [7, 11) is 1.57. The number of rotatable bonds is 1. The fraction of sp³-hybridized carbons (Fsp3) is 0.867. The smallest absolute Gasteiger partial charge is 0.312 e. The maximum absolute atomic E-state index is 13.4. The molecule has 0 aromatic carbocycles. The molecule has 1 heterocycles. The number of hydrogen-bond donors (Lipinski definition) is 0. The van der Waals surface area contributed by atoms with Gasteiger partial charge in [-0.25, -0.2) is 0 Å². The molecule has 9 atom stereocenters. The molecule has 0 aromatic heterocycles. The van der Waals surface area contributed by atoms with Crippen LogP contribution in [0, 0.1) is 50.7 Å². The minimum Gasteiger partial charge on any atom is -0.469 e. The van der Waals surface area contributed by atoms with Gasteiger partial charge >= 0.3 is 5.97 Å². The molecule has 188 valence electrons. The second kappa shape index (κ2) is 6.58. The molecule has 0 bridgehead atoms. The van der Waals surface area contributed by atoms with E-state index < -0.39 is 0 Å². The molecular formula is C30H44O4. The van der Waals surface area contributed by atoms with Crippen molar-refractivity contribution in [3.63, 3.8) is 0 Å². The predicted octanol–water partition coefficient (Wildman–Crippen LogP) is 6.13. The van der Waals surface area contributed by atoms with Crippen LogP contribution in [0.15, 0.2) is 12.2 Å². The van der Waals surface area contributed by atoms with Crippen LogP contribution in [0.4, 0.5) is 0 Å². The van der Waals surface area contributed by atoms with E-state index in [9.17, 15) is 9.59 Å². The first kappa shape index (κ1) is 23.3. The Morgan fingerprint density at radius 3 is 2.35 bits per heavy atom. The number of carbonyl (C=O) groups is 2. The van der Waals surface area contributed by atoms with Crippen molar-refractivity contribution in [3.8, 4) is 0 Å². The van der Waals surface area contributed by atoms with Gasteiger partial charge in [-0.2, -0.15) is 0 Å². The summed E-state index contributed by atoms with van der Waals surface area (Å²) < 4.78 is 12.4. The summed E-state index contributed by atoms with van der Waals surface area (Å²) in [5.74, 6) is 1.92. The molecule has 9 unspecified atom stereocenters. The van der Waals surface area contributed by atoms with Gasteiger partial charge < -0.3 is 9.47 Å². The summed E-state index contributed by atoms with van der Waals surface area (Å²) in [6, 6.07) is 0. The fourth-order valence-electron chi connectivity index (χ4n) is 10.9. The summed E-state index contributed by atoms with van der Waals surface area (Å²) >= 11 is 0. The molecule has 0 aromatic rings. The van der Waals surface area contributed by atoms with Gasteiger partial charge in [0.25, 0.3) is 0 Å². The third kappa shape index (κ3) is 2.55. The molecule has 4 heteroatoms. The second-order valence-electron chi connectivity index (χ2n) is 14.8. The Morgan fingerprint density at radius 1 is 0.941 bits per heavy atom. The molecule has 5 aliphatic carbocycles. The van der Waals surface area contributed by atoms with Gasteiger partial charge in [0.2, 0.25) is 0 Å². The van der Waals surface area contributed by atoms with Gasteiger partial charge in [-0.3, -0.25) is 9.59 Å². The van der Waals surface area contributed by atoms with Crippen LogP contribution in [0.1, 0.15) is 92.9 Å². The average Bonchev–Trinajstić information content (AvgIpc) is 3.49. The van der Waals surface area contributed by atoms with E-state index in [0.29, 0.717) is 17.8 Å². The van der Waals surface area contributed by atoms with Crippen molar-refractivity contribution in [2.24, 2.45) is 50.7 Å². The van der Waals surface area contributed by atoms with Crippen LogP contribution in [0.5, 0.6) is 0 Å². The zero-order valence-electron chi connectivity index (χ0n) is 22.3. The lowest BCUT2D eigenvalue weighted by Crippen LogP contribution is -2.66. The highest BCUT2D eigenvalue weighted by Gasteiger charge is 2.81. The van der Waals surface area contributed by atoms with Gasteiger partial charge in [-0.05, 0) is 91.4 Å². The maximum Gasteiger partial charge on any atom is 0.312 e. The predicted molar refractivity (Wildman–Crippen MR) is 131 cm³/mol. The summed E-state index contributed by atoms with van der Waals surface area (Å²) in [4.78, 5) is 26.2. The number of hydrogen-bond acceptors (Lipinski definition) is 4. The first-order valence-corrected chi connectivity index (χ1v) is 13.8. The number of ketones is 1. The van der Waals surface area contributed by atoms with E-state index in [4.69, 9.17) is 9.47 Å². The zero-order chi connectivity index (χ0) is 24.5. The summed E-state index contributed by atoms with van der Waals surface area (Å²) in [5, 5.41) is 0. The van der Waals surface area contributed by atoms with Gasteiger partial charge in [0, 0.05) is 11.3 Å². The minimum atomic E-state index is -0.376. The minimum absolute atomic E-state index is 0.00787. The highest BCUT2D eigenvalue weighted by molar-refractivity contribution is 5.95. The number of fused-ring (bicyclic) bond motifs is 5. The third-order valence-corrected chi connectivity index (χ3v) is 12.6. The number of carbonyl (C=O) groups excluding carboxylic acids is 2. The number of methoxy groups -OCH3 is 1. The molecule has 1 spiro atoms. The van der Waals surface area contributed by atoms with Crippen molar-refractivity contribution in [1.29, 1.82) is 0 Å². The van der Waals surface area contributed by atoms with E-state index in [2.05, 4.69) is 47.6 Å². The summed E-state index contributed by atoms with van der Waals surface area (Å²) in [5.41, 5.74) is -0.424. The first-order valence-electron chi connectivity index (χ1n) is 13.8. The molecular weight excluding hydrogens is 424 g/mol. The number of epoxide rings is 1. The van der Waals surface area contributed by atoms with Crippen molar-refractivity contribution in [2.75, 3.05) is 7.11 Å². The lowest BCUT2D eigenvalue weighted by molar-refractivity contribution is -0.193. The van der Waals surface area contributed by atoms with Gasteiger partial charge in [-0.15, -0.1) is 0 Å². The normalized spacial score (nSPS) is 54.0. The van der Waals surface area contributed by atoms with Gasteiger partial charge in [0.15, 0.2) is 5.78 Å². The molecule has 0 amide bonds. The van der Waals surface area contributed by atoms with Crippen LogP contribution >= 0.6 is 0 Å². The molecule has 4 nitrogen and oxygen atoms in total. The Labute approximate surface area is 205 Å². The molecule has 0 radical (unpaired) electrons. The molecule has 1 saturated heterocycles. The number of esters is 1. The SMILES string of the molecule is COC(=O)C12CCC3C4(C)CCC5C(C)(C)C(=O)C=CC5(C)C4CC4OC43C1CC(C)(C)CC2. The molecule has 4 saturated carbocycles. The zero-order valence-corrected chi connectivity index (χ0v) is 22.3. The molecule has 6 aliphatic rings. The van der Waals surface area contributed by atoms with Crippen molar-refractivity contribution < 1.29 is 19.1 Å². The maximum atomic E-state index is 13.4. The van der Waals surface area contributed by atoms with E-state index in [1.54, 1.807) is 7.11 Å². The van der Waals surface area contributed by atoms with E-state index in [-0.39, 0.29) is 56.5 Å². The van der Waals surface area contributed by atoms with E-state index >= 15 is 0 Å². The average molecular weight is 469 g/mol. The summed E-state index contributed by atoms with van der Waals surface area (Å²) in [6.45, 7) is 14.1. The van der Waals surface area contributed by atoms with Crippen LogP contribution in [-0.2, 0) is 19.1 Å². The van der Waals surface area contributed by atoms with Crippen LogP contribution in [0.3, 0.4) is 0 Å². The number of allylic oxidation sites excluding steroid dienone is 2. The van der Waals surface area contributed by atoms with E-state index in [1.165, 1.54) is 0 Å². The van der Waals surface area contributed by atoms with Crippen LogP contribution in [0.2, 0.25) is 0 Å². The third-order valence-electron chi connectivity index (χ3n) is 12.6. The molecule has 6 rings (SSSR count). The first-order chi connectivity index (χ1) is 15.8. The van der Waals surface area contributed by atoms with E-state index in [0.717, 1.165) is 51.4 Å². The Balaban J connectivity index is 1.43. The van der Waals surface area contributed by atoms with E-state index in [1.807, 2.05) is 6.08 Å². The second-order valence-corrected chi connectivity index (χ2v) is 14.8. The molecule has 0 N–H and O–H groups in total. The molecule has 1 aliphatic heterocycles. The van der Waals surface area contributed by atoms with Gasteiger partial charge in [0.05, 0.1) is 18.6 Å². The van der Waals surface area contributed by atoms with Crippen LogP contribution in [-0.4, -0.2) is 30.6 Å². The highest BCUT2D eigenvalue weighted by Crippen LogP contribution is 2.78. The lowest BCUT2D eigenvalue weighted by atomic mass is 9.36. The van der Waals surface area contributed by atoms with Crippen LogP contribution < -0.4 is 0 Å². The Kier molecular flexibility index (Phi) is 4.50. The standard InChI is InChI=1S/C30H44O4/c1-25(2)14-15-29(24(32)33-7)13-9-19-28(6)11-8-18-26(3,4)22(31)10-12-27(18,5)20(28)16-23-30(19,34-23)21(29)17-25/h10,12,18-21,23H,8-9,11,13-17H2,1-7H3. The van der Waals surface area contributed by atoms with Gasteiger partial charge in [0.1, 0.15) is 5.60 Å². The van der Waals surface area contributed by atoms with Gasteiger partial charge in [-0.1, -0.05) is 47.6 Å². The lowest BCUT2D eigenvalue weighted by Gasteiger charge is -2.67. The Hall–Kier alpha value is -1.16. The molecule has 5 fully saturated rings. The Bertz CT molecular complexity index is 978. The largest absolute Gasteiger partial charge is 0.469 e. The number of ether oxygens (including phenoxy) is 2. The fourth-order valence-corrected chi connectivity index (χ4v) is 10.9. The van der Waals surface area contributed by atoms with Crippen molar-refractivity contribution >= 4 is 11.8 Å². The van der Waals surface area contributed by atoms with Crippen molar-refractivity contribution in [1.82, 2.24) is 0 Å². The Morgan fingerprint density at radius 2 is 1.65 bits per heavy atom. The highest BCUT2D eigenvalue weighted by atomic mass is 16.6. The van der Waals surface area contributed by atoms with Crippen molar-refractivity contribution in [2.45, 2.75) is 105 Å².